The van der Waals surface area contributed by atoms with Crippen LogP contribution in [0.15, 0.2) is 48.2 Å². The zero-order chi connectivity index (χ0) is 24.7. The van der Waals surface area contributed by atoms with Crippen molar-refractivity contribution in [2.75, 3.05) is 39.3 Å². The highest BCUT2D eigenvalue weighted by Gasteiger charge is 2.39. The van der Waals surface area contributed by atoms with Crippen LogP contribution in [0.4, 0.5) is 5.69 Å². The van der Waals surface area contributed by atoms with Crippen LogP contribution in [0.25, 0.3) is 5.57 Å². The summed E-state index contributed by atoms with van der Waals surface area (Å²) in [6.07, 6.45) is 0.892. The highest BCUT2D eigenvalue weighted by atomic mass is 16.5. The maximum atomic E-state index is 13.4. The first kappa shape index (κ1) is 25.1. The second-order valence-electron chi connectivity index (χ2n) is 8.03. The highest BCUT2D eigenvalue weighted by Crippen LogP contribution is 2.33. The van der Waals surface area contributed by atoms with Gasteiger partial charge < -0.3 is 24.3 Å². The minimum Gasteiger partial charge on any atom is -0.497 e. The van der Waals surface area contributed by atoms with Crippen LogP contribution >= 0.6 is 0 Å². The van der Waals surface area contributed by atoms with E-state index in [1.165, 1.54) is 4.90 Å². The SMILES string of the molecule is CCCOc1ccc(C2=C(Nc3cc(OC)cc(OC)c3)C(=O)N(CCOC(C)C)C2=O)cc1. The summed E-state index contributed by atoms with van der Waals surface area (Å²) in [5, 5.41) is 3.13. The molecular weight excluding hydrogens is 436 g/mol. The van der Waals surface area contributed by atoms with E-state index >= 15 is 0 Å². The monoisotopic (exact) mass is 468 g/mol. The second kappa shape index (κ2) is 11.6. The molecule has 0 saturated heterocycles. The van der Waals surface area contributed by atoms with Crippen molar-refractivity contribution in [3.63, 3.8) is 0 Å². The molecule has 0 aromatic heterocycles. The molecule has 1 aliphatic rings. The van der Waals surface area contributed by atoms with Crippen molar-refractivity contribution < 1.29 is 28.5 Å². The molecule has 0 unspecified atom stereocenters. The molecule has 0 radical (unpaired) electrons. The summed E-state index contributed by atoms with van der Waals surface area (Å²) in [5.74, 6) is 1.02. The van der Waals surface area contributed by atoms with Crippen LogP contribution in [0.1, 0.15) is 32.8 Å². The molecule has 182 valence electrons. The zero-order valence-electron chi connectivity index (χ0n) is 20.3. The van der Waals surface area contributed by atoms with Crippen molar-refractivity contribution in [1.29, 1.82) is 0 Å². The summed E-state index contributed by atoms with van der Waals surface area (Å²) >= 11 is 0. The quantitative estimate of drug-likeness (QED) is 0.469. The second-order valence-corrected chi connectivity index (χ2v) is 8.03. The summed E-state index contributed by atoms with van der Waals surface area (Å²) in [4.78, 5) is 27.9. The molecule has 0 fully saturated rings. The van der Waals surface area contributed by atoms with Crippen LogP contribution in [-0.2, 0) is 14.3 Å². The maximum Gasteiger partial charge on any atom is 0.278 e. The fraction of sp³-hybridized carbons (Fsp3) is 0.385. The smallest absolute Gasteiger partial charge is 0.278 e. The average Bonchev–Trinajstić information content (AvgIpc) is 3.06. The number of hydrogen-bond donors (Lipinski definition) is 1. The van der Waals surface area contributed by atoms with Gasteiger partial charge in [0, 0.05) is 23.9 Å². The molecule has 0 saturated carbocycles. The molecule has 8 heteroatoms. The third kappa shape index (κ3) is 5.88. The normalized spacial score (nSPS) is 13.6. The van der Waals surface area contributed by atoms with E-state index in [1.807, 2.05) is 20.8 Å². The van der Waals surface area contributed by atoms with Crippen molar-refractivity contribution in [1.82, 2.24) is 4.90 Å². The minimum atomic E-state index is -0.416. The number of benzene rings is 2. The van der Waals surface area contributed by atoms with Gasteiger partial charge in [0.25, 0.3) is 11.8 Å². The predicted molar refractivity (Wildman–Crippen MR) is 130 cm³/mol. The molecule has 0 spiro atoms. The molecule has 1 N–H and O–H groups in total. The molecule has 0 aliphatic carbocycles. The average molecular weight is 469 g/mol. The first-order chi connectivity index (χ1) is 16.4. The predicted octanol–water partition coefficient (Wildman–Crippen LogP) is 4.11. The fourth-order valence-corrected chi connectivity index (χ4v) is 3.50. The third-order valence-electron chi connectivity index (χ3n) is 5.17. The van der Waals surface area contributed by atoms with Crippen LogP contribution in [-0.4, -0.2) is 56.8 Å². The third-order valence-corrected chi connectivity index (χ3v) is 5.17. The molecule has 8 nitrogen and oxygen atoms in total. The Kier molecular flexibility index (Phi) is 8.54. The molecule has 3 rings (SSSR count). The van der Waals surface area contributed by atoms with Crippen molar-refractivity contribution in [3.8, 4) is 17.2 Å². The Bertz CT molecular complexity index is 1020. The summed E-state index contributed by atoms with van der Waals surface area (Å²) in [6.45, 7) is 6.86. The van der Waals surface area contributed by atoms with Gasteiger partial charge in [0.2, 0.25) is 0 Å². The fourth-order valence-electron chi connectivity index (χ4n) is 3.50. The van der Waals surface area contributed by atoms with Crippen LogP contribution in [0.2, 0.25) is 0 Å². The lowest BCUT2D eigenvalue weighted by Gasteiger charge is -2.16. The van der Waals surface area contributed by atoms with Gasteiger partial charge in [-0.2, -0.15) is 0 Å². The lowest BCUT2D eigenvalue weighted by atomic mass is 10.0. The number of ether oxygens (including phenoxy) is 4. The van der Waals surface area contributed by atoms with Crippen molar-refractivity contribution >= 4 is 23.1 Å². The van der Waals surface area contributed by atoms with Crippen LogP contribution in [0, 0.1) is 0 Å². The van der Waals surface area contributed by atoms with E-state index in [4.69, 9.17) is 18.9 Å². The summed E-state index contributed by atoms with van der Waals surface area (Å²) < 4.78 is 21.9. The Morgan fingerprint density at radius 2 is 1.53 bits per heavy atom. The highest BCUT2D eigenvalue weighted by molar-refractivity contribution is 6.36. The van der Waals surface area contributed by atoms with Gasteiger partial charge in [-0.15, -0.1) is 0 Å². The largest absolute Gasteiger partial charge is 0.497 e. The first-order valence-electron chi connectivity index (χ1n) is 11.3. The number of imide groups is 1. The molecule has 1 aliphatic heterocycles. The van der Waals surface area contributed by atoms with Gasteiger partial charge in [0.05, 0.1) is 45.7 Å². The maximum absolute atomic E-state index is 13.4. The van der Waals surface area contributed by atoms with Crippen molar-refractivity contribution in [3.05, 3.63) is 53.7 Å². The van der Waals surface area contributed by atoms with Crippen LogP contribution < -0.4 is 19.5 Å². The van der Waals surface area contributed by atoms with E-state index in [2.05, 4.69) is 5.32 Å². The lowest BCUT2D eigenvalue weighted by molar-refractivity contribution is -0.137. The summed E-state index contributed by atoms with van der Waals surface area (Å²) in [6, 6.07) is 12.4. The molecule has 1 heterocycles. The molecule has 34 heavy (non-hydrogen) atoms. The number of hydrogen-bond acceptors (Lipinski definition) is 7. The summed E-state index contributed by atoms with van der Waals surface area (Å²) in [7, 11) is 3.10. The molecule has 2 amide bonds. The topological polar surface area (TPSA) is 86.3 Å². The van der Waals surface area contributed by atoms with E-state index in [9.17, 15) is 9.59 Å². The number of amides is 2. The van der Waals surface area contributed by atoms with Gasteiger partial charge in [-0.3, -0.25) is 14.5 Å². The Labute approximate surface area is 200 Å². The number of nitrogens with one attached hydrogen (secondary N) is 1. The van der Waals surface area contributed by atoms with E-state index in [0.717, 1.165) is 6.42 Å². The number of methoxy groups -OCH3 is 2. The number of rotatable bonds is 12. The Hall–Kier alpha value is -3.52. The van der Waals surface area contributed by atoms with Gasteiger partial charge in [-0.05, 0) is 38.0 Å². The van der Waals surface area contributed by atoms with E-state index in [-0.39, 0.29) is 30.9 Å². The van der Waals surface area contributed by atoms with Gasteiger partial charge in [-0.1, -0.05) is 19.1 Å². The number of anilines is 1. The first-order valence-corrected chi connectivity index (χ1v) is 11.3. The van der Waals surface area contributed by atoms with Gasteiger partial charge in [0.1, 0.15) is 22.9 Å². The lowest BCUT2D eigenvalue weighted by Crippen LogP contribution is -2.35. The van der Waals surface area contributed by atoms with Gasteiger partial charge in [-0.25, -0.2) is 0 Å². The molecule has 2 aromatic carbocycles. The molecule has 0 bridgehead atoms. The van der Waals surface area contributed by atoms with Crippen LogP contribution in [0.5, 0.6) is 17.2 Å². The van der Waals surface area contributed by atoms with E-state index in [0.29, 0.717) is 40.7 Å². The number of carbonyl (C=O) groups excluding carboxylic acids is 2. The standard InChI is InChI=1S/C26H32N2O6/c1-6-12-34-20-9-7-18(8-10-20)23-24(26(30)28(25(23)29)11-13-33-17(2)3)27-19-14-21(31-4)16-22(15-19)32-5/h7-10,14-17,27H,6,11-13H2,1-5H3. The molecular formula is C26H32N2O6. The zero-order valence-corrected chi connectivity index (χ0v) is 20.3. The van der Waals surface area contributed by atoms with E-state index in [1.54, 1.807) is 56.7 Å². The van der Waals surface area contributed by atoms with Gasteiger partial charge >= 0.3 is 0 Å². The van der Waals surface area contributed by atoms with Crippen LogP contribution in [0.3, 0.4) is 0 Å². The Morgan fingerprint density at radius 1 is 0.882 bits per heavy atom. The number of nitrogens with zero attached hydrogens (tertiary/aromatic N) is 1. The Balaban J connectivity index is 1.97. The molecule has 2 aromatic rings. The molecule has 0 atom stereocenters. The van der Waals surface area contributed by atoms with E-state index < -0.39 is 5.91 Å². The van der Waals surface area contributed by atoms with Crippen molar-refractivity contribution in [2.45, 2.75) is 33.3 Å². The van der Waals surface area contributed by atoms with Crippen molar-refractivity contribution in [2.24, 2.45) is 0 Å². The summed E-state index contributed by atoms with van der Waals surface area (Å²) in [5.41, 5.74) is 1.66. The van der Waals surface area contributed by atoms with Gasteiger partial charge in [0.15, 0.2) is 0 Å². The Morgan fingerprint density at radius 3 is 2.09 bits per heavy atom. The minimum absolute atomic E-state index is 0.00209. The number of carbonyl (C=O) groups is 2.